The van der Waals surface area contributed by atoms with Crippen LogP contribution >= 0.6 is 0 Å². The van der Waals surface area contributed by atoms with Gasteiger partial charge in [-0.1, -0.05) is 24.3 Å². The molecule has 3 rings (SSSR count). The van der Waals surface area contributed by atoms with E-state index in [4.69, 9.17) is 0 Å². The summed E-state index contributed by atoms with van der Waals surface area (Å²) in [4.78, 5) is 22.8. The molecule has 3 nitrogen and oxygen atoms in total. The third-order valence-electron chi connectivity index (χ3n) is 2.60. The van der Waals surface area contributed by atoms with Gasteiger partial charge in [-0.25, -0.2) is 0 Å². The van der Waals surface area contributed by atoms with Crippen LogP contribution in [0.3, 0.4) is 0 Å². The first-order valence-electron chi connectivity index (χ1n) is 4.64. The van der Waals surface area contributed by atoms with Gasteiger partial charge in [-0.05, 0) is 22.9 Å². The summed E-state index contributed by atoms with van der Waals surface area (Å²) in [6.07, 6.45) is 0. The number of benzene rings is 2. The number of hydrogen-bond donors (Lipinski definition) is 1. The fourth-order valence-electron chi connectivity index (χ4n) is 1.85. The molecular formula is C12H8KNO2. The van der Waals surface area contributed by atoms with E-state index in [2.05, 4.69) is 5.32 Å². The number of hydrogen-bond acceptors (Lipinski definition) is 2. The molecule has 1 aliphatic rings. The molecule has 16 heavy (non-hydrogen) atoms. The fourth-order valence-corrected chi connectivity index (χ4v) is 1.85. The molecule has 0 aromatic heterocycles. The second kappa shape index (κ2) is 4.39. The van der Waals surface area contributed by atoms with Crippen molar-refractivity contribution in [1.29, 1.82) is 0 Å². The molecule has 74 valence electrons. The van der Waals surface area contributed by atoms with Crippen molar-refractivity contribution in [2.75, 3.05) is 0 Å². The molecular weight excluding hydrogens is 229 g/mol. The maximum atomic E-state index is 11.4. The van der Waals surface area contributed by atoms with Crippen LogP contribution in [0.1, 0.15) is 22.1 Å². The molecule has 2 aromatic carbocycles. The quantitative estimate of drug-likeness (QED) is 0.464. The molecule has 0 bridgehead atoms. The second-order valence-electron chi connectivity index (χ2n) is 3.53. The molecule has 4 heteroatoms. The van der Waals surface area contributed by atoms with Gasteiger partial charge in [0.2, 0.25) is 0 Å². The maximum absolute atomic E-state index is 11.4. The van der Waals surface area contributed by atoms with Crippen LogP contribution < -0.4 is 56.7 Å². The number of carbonyl (C=O) groups excluding carboxylic acids is 2. The number of imide groups is 1. The van der Waals surface area contributed by atoms with Crippen LogP contribution in [0.25, 0.3) is 10.8 Å². The maximum Gasteiger partial charge on any atom is 1.00 e. The number of fused-ring (bicyclic) bond motifs is 2. The molecule has 0 fully saturated rings. The number of nitrogens with one attached hydrogen (secondary N) is 1. The first-order chi connectivity index (χ1) is 7.25. The summed E-state index contributed by atoms with van der Waals surface area (Å²) in [5, 5.41) is 4.23. The summed E-state index contributed by atoms with van der Waals surface area (Å²) < 4.78 is 0. The second-order valence-corrected chi connectivity index (χ2v) is 3.53. The average Bonchev–Trinajstić information content (AvgIpc) is 2.52. The van der Waals surface area contributed by atoms with Gasteiger partial charge in [0, 0.05) is 0 Å². The molecule has 2 aromatic rings. The number of rotatable bonds is 0. The van der Waals surface area contributed by atoms with Gasteiger partial charge in [0.15, 0.2) is 0 Å². The van der Waals surface area contributed by atoms with E-state index >= 15 is 0 Å². The molecule has 0 unspecified atom stereocenters. The molecule has 1 heterocycles. The number of amides is 2. The molecule has 0 saturated carbocycles. The molecule has 2 amide bonds. The molecule has 0 aliphatic carbocycles. The minimum Gasteiger partial charge on any atom is -1.00 e. The van der Waals surface area contributed by atoms with Gasteiger partial charge in [0.25, 0.3) is 11.8 Å². The first-order valence-corrected chi connectivity index (χ1v) is 4.64. The Balaban J connectivity index is 0.000000722. The largest absolute Gasteiger partial charge is 1.00 e. The van der Waals surface area contributed by atoms with Gasteiger partial charge < -0.3 is 1.43 Å². The Morgan fingerprint density at radius 3 is 1.75 bits per heavy atom. The van der Waals surface area contributed by atoms with Crippen molar-refractivity contribution in [2.24, 2.45) is 0 Å². The molecule has 0 atom stereocenters. The Labute approximate surface area is 136 Å². The number of carbonyl (C=O) groups is 2. The zero-order chi connectivity index (χ0) is 10.4. The van der Waals surface area contributed by atoms with E-state index in [1.165, 1.54) is 0 Å². The van der Waals surface area contributed by atoms with E-state index in [0.717, 1.165) is 10.8 Å². The summed E-state index contributed by atoms with van der Waals surface area (Å²) in [6, 6.07) is 11.2. The average molecular weight is 237 g/mol. The summed E-state index contributed by atoms with van der Waals surface area (Å²) in [6.45, 7) is 0. The van der Waals surface area contributed by atoms with E-state index in [9.17, 15) is 9.59 Å². The van der Waals surface area contributed by atoms with Crippen molar-refractivity contribution in [1.82, 2.24) is 5.32 Å². The van der Waals surface area contributed by atoms with E-state index in [1.54, 1.807) is 12.1 Å². The predicted molar refractivity (Wildman–Crippen MR) is 56.9 cm³/mol. The third kappa shape index (κ3) is 1.76. The van der Waals surface area contributed by atoms with Crippen molar-refractivity contribution in [3.05, 3.63) is 47.5 Å². The van der Waals surface area contributed by atoms with Gasteiger partial charge in [-0.3, -0.25) is 14.9 Å². The standard InChI is InChI=1S/C12H7NO2.K.H/c14-11-9-5-7-3-1-2-4-8(7)6-10(9)12(15)13-11;;/h1-6H,(H,13,14,15);;/q;+1;-1. The van der Waals surface area contributed by atoms with Gasteiger partial charge in [0.05, 0.1) is 11.1 Å². The summed E-state index contributed by atoms with van der Waals surface area (Å²) in [7, 11) is 0. The smallest absolute Gasteiger partial charge is 1.00 e. The summed E-state index contributed by atoms with van der Waals surface area (Å²) in [5.41, 5.74) is 0.942. The van der Waals surface area contributed by atoms with Crippen molar-refractivity contribution < 1.29 is 62.4 Å². The zero-order valence-electron chi connectivity index (χ0n) is 9.78. The molecule has 1 N–H and O–H groups in total. The van der Waals surface area contributed by atoms with Gasteiger partial charge >= 0.3 is 51.4 Å². The normalized spacial score (nSPS) is 13.2. The van der Waals surface area contributed by atoms with Crippen LogP contribution in [0.5, 0.6) is 0 Å². The Morgan fingerprint density at radius 1 is 0.875 bits per heavy atom. The van der Waals surface area contributed by atoms with Crippen molar-refractivity contribution in [3.8, 4) is 0 Å². The molecule has 0 radical (unpaired) electrons. The fraction of sp³-hybridized carbons (Fsp3) is 0. The monoisotopic (exact) mass is 237 g/mol. The van der Waals surface area contributed by atoms with Crippen molar-refractivity contribution >= 4 is 22.6 Å². The Morgan fingerprint density at radius 2 is 1.31 bits per heavy atom. The van der Waals surface area contributed by atoms with Crippen LogP contribution in [0.2, 0.25) is 0 Å². The predicted octanol–water partition coefficient (Wildman–Crippen LogP) is -1.16. The van der Waals surface area contributed by atoms with Gasteiger partial charge in [-0.2, -0.15) is 0 Å². The van der Waals surface area contributed by atoms with E-state index in [-0.39, 0.29) is 64.6 Å². The Kier molecular flexibility index (Phi) is 3.28. The van der Waals surface area contributed by atoms with Crippen molar-refractivity contribution in [2.45, 2.75) is 0 Å². The SMILES string of the molecule is O=C1NC(=O)c2cc3ccccc3cc21.[H-].[K+]. The molecule has 0 saturated heterocycles. The molecule has 0 spiro atoms. The third-order valence-corrected chi connectivity index (χ3v) is 2.60. The Bertz CT molecular complexity index is 560. The minimum absolute atomic E-state index is 0. The van der Waals surface area contributed by atoms with E-state index in [0.29, 0.717) is 11.1 Å². The zero-order valence-corrected chi connectivity index (χ0v) is 11.9. The topological polar surface area (TPSA) is 46.2 Å². The van der Waals surface area contributed by atoms with Crippen LogP contribution in [-0.2, 0) is 0 Å². The van der Waals surface area contributed by atoms with Crippen LogP contribution in [-0.4, -0.2) is 11.8 Å². The minimum atomic E-state index is -0.305. The van der Waals surface area contributed by atoms with E-state index < -0.39 is 0 Å². The van der Waals surface area contributed by atoms with Gasteiger partial charge in [-0.15, -0.1) is 0 Å². The first kappa shape index (κ1) is 11.9. The van der Waals surface area contributed by atoms with Gasteiger partial charge in [0.1, 0.15) is 0 Å². The van der Waals surface area contributed by atoms with E-state index in [1.807, 2.05) is 24.3 Å². The summed E-state index contributed by atoms with van der Waals surface area (Å²) in [5.74, 6) is -0.610. The molecule has 1 aliphatic heterocycles. The van der Waals surface area contributed by atoms with Crippen LogP contribution in [0.4, 0.5) is 0 Å². The summed E-state index contributed by atoms with van der Waals surface area (Å²) >= 11 is 0. The Hall–Kier alpha value is -0.524. The van der Waals surface area contributed by atoms with Crippen molar-refractivity contribution in [3.63, 3.8) is 0 Å². The van der Waals surface area contributed by atoms with Crippen LogP contribution in [0, 0.1) is 0 Å². The van der Waals surface area contributed by atoms with Crippen LogP contribution in [0.15, 0.2) is 36.4 Å².